The largest absolute Gasteiger partial charge is 0.451 e. The number of nitrogens with one attached hydrogen (secondary N) is 1. The second kappa shape index (κ2) is 8.82. The van der Waals surface area contributed by atoms with Crippen LogP contribution in [-0.4, -0.2) is 28.3 Å². The summed E-state index contributed by atoms with van der Waals surface area (Å²) in [6, 6.07) is 9.38. The lowest BCUT2D eigenvalue weighted by atomic mass is 10.1. The van der Waals surface area contributed by atoms with Crippen LogP contribution < -0.4 is 10.9 Å². The fourth-order valence-corrected chi connectivity index (χ4v) is 3.55. The number of amides is 1. The van der Waals surface area contributed by atoms with Crippen LogP contribution in [0.3, 0.4) is 0 Å². The number of hydrogen-bond donors (Lipinski definition) is 1. The monoisotopic (exact) mass is 453 g/mol. The van der Waals surface area contributed by atoms with Crippen molar-refractivity contribution in [1.82, 2.24) is 9.78 Å². The van der Waals surface area contributed by atoms with E-state index < -0.39 is 18.5 Å². The van der Waals surface area contributed by atoms with E-state index in [1.54, 1.807) is 31.2 Å². The molecule has 1 amide bonds. The van der Waals surface area contributed by atoms with Crippen molar-refractivity contribution in [3.8, 4) is 0 Å². The maximum Gasteiger partial charge on any atom is 0.359 e. The molecule has 1 heterocycles. The average Bonchev–Trinajstić information content (AvgIpc) is 2.69. The Balaban J connectivity index is 1.79. The van der Waals surface area contributed by atoms with Crippen molar-refractivity contribution in [3.63, 3.8) is 0 Å². The Kier molecular flexibility index (Phi) is 6.42. The number of rotatable bonds is 5. The number of halogens is 3. The van der Waals surface area contributed by atoms with E-state index in [0.29, 0.717) is 15.8 Å². The Morgan fingerprint density at radius 2 is 1.72 bits per heavy atom. The van der Waals surface area contributed by atoms with Gasteiger partial charge in [0.1, 0.15) is 0 Å². The normalized spacial score (nSPS) is 10.8. The molecular formula is C19H14Cl3N3O4. The highest BCUT2D eigenvalue weighted by Crippen LogP contribution is 2.33. The van der Waals surface area contributed by atoms with Crippen LogP contribution in [0.15, 0.2) is 41.2 Å². The summed E-state index contributed by atoms with van der Waals surface area (Å²) in [6.45, 7) is 1.40. The molecule has 0 atom stereocenters. The highest BCUT2D eigenvalue weighted by atomic mass is 35.5. The molecule has 29 heavy (non-hydrogen) atoms. The lowest BCUT2D eigenvalue weighted by Crippen LogP contribution is -2.27. The SMILES string of the molecule is CCn1nc(C(=O)OCC(=O)Nc2c(Cl)cc(Cl)cc2Cl)c2ccccc2c1=O. The van der Waals surface area contributed by atoms with Crippen molar-refractivity contribution >= 4 is 63.1 Å². The zero-order valence-corrected chi connectivity index (χ0v) is 17.3. The molecule has 2 aromatic carbocycles. The van der Waals surface area contributed by atoms with E-state index in [-0.39, 0.29) is 33.5 Å². The minimum absolute atomic E-state index is 0.0580. The molecule has 0 unspecified atom stereocenters. The molecule has 0 bridgehead atoms. The molecule has 0 aliphatic rings. The minimum atomic E-state index is -0.841. The van der Waals surface area contributed by atoms with Crippen molar-refractivity contribution in [1.29, 1.82) is 0 Å². The summed E-state index contributed by atoms with van der Waals surface area (Å²) in [4.78, 5) is 37.0. The van der Waals surface area contributed by atoms with Crippen LogP contribution >= 0.6 is 34.8 Å². The Bertz CT molecular complexity index is 1150. The maximum absolute atomic E-state index is 12.5. The highest BCUT2D eigenvalue weighted by Gasteiger charge is 2.19. The third-order valence-corrected chi connectivity index (χ3v) is 4.78. The molecule has 0 saturated carbocycles. The predicted molar refractivity (Wildman–Crippen MR) is 112 cm³/mol. The molecule has 0 saturated heterocycles. The zero-order valence-electron chi connectivity index (χ0n) is 15.0. The Labute approximate surface area is 180 Å². The van der Waals surface area contributed by atoms with Crippen molar-refractivity contribution in [2.24, 2.45) is 0 Å². The van der Waals surface area contributed by atoms with Gasteiger partial charge in [0, 0.05) is 17.0 Å². The molecule has 0 fully saturated rings. The number of benzene rings is 2. The number of anilines is 1. The van der Waals surface area contributed by atoms with Gasteiger partial charge < -0.3 is 10.1 Å². The Morgan fingerprint density at radius 3 is 2.34 bits per heavy atom. The number of aromatic nitrogens is 2. The third-order valence-electron chi connectivity index (χ3n) is 3.97. The molecule has 1 N–H and O–H groups in total. The molecular weight excluding hydrogens is 441 g/mol. The molecule has 1 aromatic heterocycles. The molecule has 7 nitrogen and oxygen atoms in total. The van der Waals surface area contributed by atoms with Crippen LogP contribution in [0.4, 0.5) is 5.69 Å². The molecule has 0 radical (unpaired) electrons. The summed E-state index contributed by atoms with van der Waals surface area (Å²) in [6.07, 6.45) is 0. The van der Waals surface area contributed by atoms with Gasteiger partial charge in [-0.1, -0.05) is 53.0 Å². The molecule has 10 heteroatoms. The quantitative estimate of drug-likeness (QED) is 0.584. The molecule has 0 spiro atoms. The summed E-state index contributed by atoms with van der Waals surface area (Å²) in [7, 11) is 0. The van der Waals surface area contributed by atoms with Crippen molar-refractivity contribution in [3.05, 3.63) is 67.5 Å². The van der Waals surface area contributed by atoms with Crippen LogP contribution in [-0.2, 0) is 16.1 Å². The van der Waals surface area contributed by atoms with E-state index in [4.69, 9.17) is 39.5 Å². The van der Waals surface area contributed by atoms with Crippen molar-refractivity contribution in [2.75, 3.05) is 11.9 Å². The fraction of sp³-hybridized carbons (Fsp3) is 0.158. The number of nitrogens with zero attached hydrogens (tertiary/aromatic N) is 2. The molecule has 3 rings (SSSR count). The average molecular weight is 455 g/mol. The van der Waals surface area contributed by atoms with Gasteiger partial charge in [0.15, 0.2) is 12.3 Å². The van der Waals surface area contributed by atoms with Gasteiger partial charge in [-0.3, -0.25) is 9.59 Å². The topological polar surface area (TPSA) is 90.3 Å². The summed E-state index contributed by atoms with van der Waals surface area (Å²) in [5, 5.41) is 7.80. The van der Waals surface area contributed by atoms with Crippen LogP contribution in [0.5, 0.6) is 0 Å². The van der Waals surface area contributed by atoms with E-state index in [0.717, 1.165) is 4.68 Å². The molecule has 0 aliphatic carbocycles. The van der Waals surface area contributed by atoms with Gasteiger partial charge in [-0.2, -0.15) is 5.10 Å². The van der Waals surface area contributed by atoms with Gasteiger partial charge in [0.25, 0.3) is 11.5 Å². The summed E-state index contributed by atoms with van der Waals surface area (Å²) >= 11 is 17.9. The first-order valence-corrected chi connectivity index (χ1v) is 9.56. The van der Waals surface area contributed by atoms with Gasteiger partial charge in [0.2, 0.25) is 0 Å². The Morgan fingerprint density at radius 1 is 1.10 bits per heavy atom. The summed E-state index contributed by atoms with van der Waals surface area (Å²) < 4.78 is 6.23. The van der Waals surface area contributed by atoms with Gasteiger partial charge in [0.05, 0.1) is 21.1 Å². The van der Waals surface area contributed by atoms with E-state index in [1.807, 2.05) is 0 Å². The Hall–Kier alpha value is -2.61. The van der Waals surface area contributed by atoms with Gasteiger partial charge >= 0.3 is 5.97 Å². The number of esters is 1. The maximum atomic E-state index is 12.5. The first-order valence-electron chi connectivity index (χ1n) is 8.43. The minimum Gasteiger partial charge on any atom is -0.451 e. The van der Waals surface area contributed by atoms with Crippen LogP contribution in [0.25, 0.3) is 10.8 Å². The molecule has 150 valence electrons. The van der Waals surface area contributed by atoms with Crippen LogP contribution in [0.1, 0.15) is 17.4 Å². The lowest BCUT2D eigenvalue weighted by molar-refractivity contribution is -0.119. The smallest absolute Gasteiger partial charge is 0.359 e. The first-order chi connectivity index (χ1) is 13.8. The summed E-state index contributed by atoms with van der Waals surface area (Å²) in [5.74, 6) is -1.50. The molecule has 0 aliphatic heterocycles. The van der Waals surface area contributed by atoms with Crippen LogP contribution in [0, 0.1) is 0 Å². The standard InChI is InChI=1S/C19H14Cl3N3O4/c1-2-25-18(27)12-6-4-3-5-11(12)16(24-25)19(28)29-9-15(26)23-17-13(21)7-10(20)8-14(17)22/h3-8H,2,9H2,1H3,(H,23,26). The van der Waals surface area contributed by atoms with E-state index in [1.165, 1.54) is 12.1 Å². The highest BCUT2D eigenvalue weighted by molar-refractivity contribution is 6.42. The number of hydrogen-bond acceptors (Lipinski definition) is 5. The number of aryl methyl sites for hydroxylation is 1. The van der Waals surface area contributed by atoms with Gasteiger partial charge in [-0.25, -0.2) is 9.48 Å². The lowest BCUT2D eigenvalue weighted by Gasteiger charge is -2.11. The number of ether oxygens (including phenoxy) is 1. The van der Waals surface area contributed by atoms with E-state index in [9.17, 15) is 14.4 Å². The van der Waals surface area contributed by atoms with Gasteiger partial charge in [-0.15, -0.1) is 0 Å². The van der Waals surface area contributed by atoms with Crippen molar-refractivity contribution in [2.45, 2.75) is 13.5 Å². The molecule has 3 aromatic rings. The van der Waals surface area contributed by atoms with E-state index >= 15 is 0 Å². The number of fused-ring (bicyclic) bond motifs is 1. The predicted octanol–water partition coefficient (Wildman–Crippen LogP) is 4.17. The number of carbonyl (C=O) groups excluding carboxylic acids is 2. The zero-order chi connectivity index (χ0) is 21.1. The van der Waals surface area contributed by atoms with E-state index in [2.05, 4.69) is 10.4 Å². The van der Waals surface area contributed by atoms with Gasteiger partial charge in [-0.05, 0) is 25.1 Å². The summed E-state index contributed by atoms with van der Waals surface area (Å²) in [5.41, 5.74) is -0.219. The third kappa shape index (κ3) is 4.53. The fourth-order valence-electron chi connectivity index (χ4n) is 2.64. The van der Waals surface area contributed by atoms with Crippen LogP contribution in [0.2, 0.25) is 15.1 Å². The first kappa shape index (κ1) is 21.1. The second-order valence-corrected chi connectivity index (χ2v) is 7.13. The van der Waals surface area contributed by atoms with Crippen molar-refractivity contribution < 1.29 is 14.3 Å². The number of carbonyl (C=O) groups is 2. The second-order valence-electron chi connectivity index (χ2n) is 5.88.